The Morgan fingerprint density at radius 1 is 1.03 bits per heavy atom. The van der Waals surface area contributed by atoms with Crippen molar-refractivity contribution in [2.75, 3.05) is 13.1 Å². The fourth-order valence-electron chi connectivity index (χ4n) is 2.91. The number of piperidine rings is 1. The van der Waals surface area contributed by atoms with Crippen molar-refractivity contribution in [1.29, 1.82) is 0 Å². The number of likely N-dealkylation sites (tertiary alicyclic amines) is 1. The lowest BCUT2D eigenvalue weighted by Gasteiger charge is -2.27. The van der Waals surface area contributed by atoms with E-state index in [0.29, 0.717) is 5.70 Å². The van der Waals surface area contributed by atoms with Crippen molar-refractivity contribution in [1.82, 2.24) is 10.2 Å². The summed E-state index contributed by atoms with van der Waals surface area (Å²) in [5.74, 6) is -0.469. The first-order valence-electron chi connectivity index (χ1n) is 12.2. The molecule has 1 aliphatic heterocycles. The first-order chi connectivity index (χ1) is 17.2. The lowest BCUT2D eigenvalue weighted by atomic mass is 10.1. The Morgan fingerprint density at radius 3 is 2.08 bits per heavy atom. The minimum Gasteiger partial charge on any atom is -0.342 e. The van der Waals surface area contributed by atoms with Gasteiger partial charge >= 0.3 is 0 Å². The molecule has 0 unspecified atom stereocenters. The van der Waals surface area contributed by atoms with E-state index in [-0.39, 0.29) is 23.6 Å². The van der Waals surface area contributed by atoms with E-state index in [1.54, 1.807) is 30.1 Å². The van der Waals surface area contributed by atoms with Gasteiger partial charge in [-0.2, -0.15) is 0 Å². The lowest BCUT2D eigenvalue weighted by Crippen LogP contribution is -2.37. The van der Waals surface area contributed by atoms with E-state index in [2.05, 4.69) is 27.8 Å². The largest absolute Gasteiger partial charge is 0.342 e. The maximum absolute atomic E-state index is 12.4. The predicted octanol–water partition coefficient (Wildman–Crippen LogP) is 7.15. The zero-order chi connectivity index (χ0) is 27.9. The highest BCUT2D eigenvalue weighted by Gasteiger charge is 2.19. The summed E-state index contributed by atoms with van der Waals surface area (Å²) in [5.41, 5.74) is 1.86. The summed E-state index contributed by atoms with van der Waals surface area (Å²) in [4.78, 5) is 38.2. The molecule has 0 bridgehead atoms. The average Bonchev–Trinajstić information content (AvgIpc) is 2.88. The molecule has 0 aromatic carbocycles. The molecule has 0 atom stereocenters. The molecule has 36 heavy (non-hydrogen) atoms. The second kappa shape index (κ2) is 22.5. The number of nitrogens with one attached hydrogen (secondary N) is 1. The molecule has 8 heteroatoms. The Morgan fingerprint density at radius 2 is 1.61 bits per heavy atom. The first kappa shape index (κ1) is 35.2. The minimum atomic E-state index is -0.525. The van der Waals surface area contributed by atoms with Crippen LogP contribution in [0, 0.1) is 10.1 Å². The number of carbonyl (C=O) groups excluding carboxylic acids is 2. The summed E-state index contributed by atoms with van der Waals surface area (Å²) in [6.45, 7) is 16.2. The second-order valence-electron chi connectivity index (χ2n) is 7.54. The molecular weight excluding hydrogens is 522 g/mol. The van der Waals surface area contributed by atoms with Crippen LogP contribution < -0.4 is 5.32 Å². The lowest BCUT2D eigenvalue weighted by molar-refractivity contribution is -0.424. The summed E-state index contributed by atoms with van der Waals surface area (Å²) in [6, 6.07) is 0. The van der Waals surface area contributed by atoms with Crippen molar-refractivity contribution in [3.63, 3.8) is 0 Å². The molecule has 1 aliphatic rings. The highest BCUT2D eigenvalue weighted by Crippen LogP contribution is 2.13. The fourth-order valence-corrected chi connectivity index (χ4v) is 3.18. The number of nitro groups is 1. The van der Waals surface area contributed by atoms with Crippen LogP contribution in [0.15, 0.2) is 82.7 Å². The van der Waals surface area contributed by atoms with E-state index >= 15 is 0 Å². The number of hydrogen-bond acceptors (Lipinski definition) is 4. The van der Waals surface area contributed by atoms with Crippen LogP contribution in [-0.2, 0) is 9.59 Å². The van der Waals surface area contributed by atoms with Crippen molar-refractivity contribution in [3.05, 3.63) is 92.8 Å². The number of nitrogens with zero attached hydrogens (tertiary/aromatic N) is 2. The van der Waals surface area contributed by atoms with Crippen LogP contribution in [0.1, 0.15) is 67.2 Å². The van der Waals surface area contributed by atoms with Crippen LogP contribution in [0.5, 0.6) is 0 Å². The molecule has 0 radical (unpaired) electrons. The highest BCUT2D eigenvalue weighted by molar-refractivity contribution is 9.11. The molecule has 1 rings (SSSR count). The van der Waals surface area contributed by atoms with Gasteiger partial charge in [0, 0.05) is 42.3 Å². The van der Waals surface area contributed by atoms with Gasteiger partial charge in [0.05, 0.1) is 11.3 Å². The van der Waals surface area contributed by atoms with Gasteiger partial charge in [0.15, 0.2) is 0 Å². The van der Waals surface area contributed by atoms with Crippen LogP contribution in [0.2, 0.25) is 0 Å². The van der Waals surface area contributed by atoms with Gasteiger partial charge in [-0.05, 0) is 46.1 Å². The van der Waals surface area contributed by atoms with Crippen LogP contribution in [0.25, 0.3) is 0 Å². The van der Waals surface area contributed by atoms with Crippen molar-refractivity contribution in [3.8, 4) is 0 Å². The van der Waals surface area contributed by atoms with Crippen molar-refractivity contribution >= 4 is 27.7 Å². The molecule has 0 aliphatic carbocycles. The Kier molecular flexibility index (Phi) is 21.9. The molecule has 2 amide bonds. The molecule has 200 valence electrons. The molecule has 7 nitrogen and oxygen atoms in total. The summed E-state index contributed by atoms with van der Waals surface area (Å²) in [5, 5.41) is 13.4. The average molecular weight is 565 g/mol. The van der Waals surface area contributed by atoms with Crippen molar-refractivity contribution in [2.45, 2.75) is 67.2 Å². The summed E-state index contributed by atoms with van der Waals surface area (Å²) in [6.07, 6.45) is 16.9. The number of allylic oxidation sites excluding steroid dienone is 9. The molecule has 1 heterocycles. The number of rotatable bonds is 9. The SMILES string of the molecule is C=C/C=C(C)\C=C/C.CC.C\C=C/C(=C\C=C(/C)[N+](=O)[O-])C(=O)N/C(=C/Br)CC(=O)N1CCCCC1. The normalized spacial score (nSPS) is 15.0. The van der Waals surface area contributed by atoms with E-state index in [9.17, 15) is 19.7 Å². The van der Waals surface area contributed by atoms with Gasteiger partial charge in [-0.3, -0.25) is 19.7 Å². The molecule has 0 aromatic heterocycles. The Bertz CT molecular complexity index is 890. The molecule has 0 aromatic rings. The number of amides is 2. The summed E-state index contributed by atoms with van der Waals surface area (Å²) < 4.78 is 0. The van der Waals surface area contributed by atoms with Crippen molar-refractivity contribution < 1.29 is 14.5 Å². The Labute approximate surface area is 225 Å². The van der Waals surface area contributed by atoms with Crippen LogP contribution in [0.3, 0.4) is 0 Å². The number of hydrogen-bond donors (Lipinski definition) is 1. The fraction of sp³-hybridized carbons (Fsp3) is 0.429. The Hall–Kier alpha value is -3.00. The van der Waals surface area contributed by atoms with Gasteiger partial charge in [-0.25, -0.2) is 0 Å². The van der Waals surface area contributed by atoms with Crippen LogP contribution in [0.4, 0.5) is 0 Å². The minimum absolute atomic E-state index is 0.0312. The van der Waals surface area contributed by atoms with Gasteiger partial charge in [-0.1, -0.05) is 78.4 Å². The van der Waals surface area contributed by atoms with E-state index < -0.39 is 10.8 Å². The molecular formula is C28H42BrN3O4. The zero-order valence-corrected chi connectivity index (χ0v) is 24.1. The summed E-state index contributed by atoms with van der Waals surface area (Å²) in [7, 11) is 0. The van der Waals surface area contributed by atoms with Gasteiger partial charge in [0.25, 0.3) is 5.91 Å². The van der Waals surface area contributed by atoms with Gasteiger partial charge in [0.2, 0.25) is 11.6 Å². The smallest absolute Gasteiger partial charge is 0.255 e. The zero-order valence-electron chi connectivity index (χ0n) is 22.6. The highest BCUT2D eigenvalue weighted by atomic mass is 79.9. The van der Waals surface area contributed by atoms with Gasteiger partial charge < -0.3 is 10.2 Å². The molecule has 1 N–H and O–H groups in total. The summed E-state index contributed by atoms with van der Waals surface area (Å²) >= 11 is 3.18. The van der Waals surface area contributed by atoms with E-state index in [1.807, 2.05) is 45.9 Å². The maximum Gasteiger partial charge on any atom is 0.255 e. The topological polar surface area (TPSA) is 92.5 Å². The van der Waals surface area contributed by atoms with E-state index in [1.165, 1.54) is 29.6 Å². The third-order valence-corrected chi connectivity index (χ3v) is 5.22. The number of carbonyl (C=O) groups is 2. The second-order valence-corrected chi connectivity index (χ2v) is 8.00. The first-order valence-corrected chi connectivity index (χ1v) is 13.1. The monoisotopic (exact) mass is 563 g/mol. The molecule has 0 saturated carbocycles. The Balaban J connectivity index is 0. The number of halogens is 1. The van der Waals surface area contributed by atoms with Crippen LogP contribution in [-0.4, -0.2) is 34.7 Å². The van der Waals surface area contributed by atoms with Crippen molar-refractivity contribution in [2.24, 2.45) is 0 Å². The molecule has 1 fully saturated rings. The van der Waals surface area contributed by atoms with E-state index in [0.717, 1.165) is 32.4 Å². The molecule has 1 saturated heterocycles. The van der Waals surface area contributed by atoms with Gasteiger partial charge in [0.1, 0.15) is 0 Å². The van der Waals surface area contributed by atoms with Gasteiger partial charge in [-0.15, -0.1) is 0 Å². The van der Waals surface area contributed by atoms with Crippen LogP contribution >= 0.6 is 15.9 Å². The van der Waals surface area contributed by atoms with E-state index in [4.69, 9.17) is 0 Å². The maximum atomic E-state index is 12.4. The molecule has 0 spiro atoms. The quantitative estimate of drug-likeness (QED) is 0.139. The third-order valence-electron chi connectivity index (χ3n) is 4.67. The predicted molar refractivity (Wildman–Crippen MR) is 154 cm³/mol. The third kappa shape index (κ3) is 16.6. The standard InChI is InChI=1S/C18H24BrN3O4.C8H12.C2H6/c1-3-7-15(9-8-14(2)22(25)26)18(24)20-16(13-19)12-17(23)21-10-5-4-6-11-21;1-4-6-8(3)7-5-2;1-2/h3,7-9,13H,4-6,10-12H2,1-2H3,(H,20,24);4-7H,1H2,2-3H3;1-2H3/b7-3-,14-8+,15-9+,16-13+;7-5-,8-6-;.